The Labute approximate surface area is 143 Å². The van der Waals surface area contributed by atoms with Gasteiger partial charge < -0.3 is 5.32 Å². The molecule has 2 aromatic rings. The zero-order valence-corrected chi connectivity index (χ0v) is 15.6. The quantitative estimate of drug-likeness (QED) is 0.674. The van der Waals surface area contributed by atoms with Crippen LogP contribution in [0.1, 0.15) is 58.1 Å². The molecular formula is C22H34N+. The lowest BCUT2D eigenvalue weighted by Gasteiger charge is -2.34. The lowest BCUT2D eigenvalue weighted by molar-refractivity contribution is -0.540. The van der Waals surface area contributed by atoms with Crippen LogP contribution >= 0.6 is 0 Å². The Bertz CT molecular complexity index is 547. The summed E-state index contributed by atoms with van der Waals surface area (Å²) in [7, 11) is 2.15. The molecule has 0 saturated carbocycles. The lowest BCUT2D eigenvalue weighted by atomic mass is 9.70. The van der Waals surface area contributed by atoms with E-state index >= 15 is 0 Å². The SMILES string of the molecule is CC.CCCC(CC)(Cc1ccccc1)c1ccccc1[NH2+]C. The monoisotopic (exact) mass is 312 g/mol. The molecule has 1 heteroatoms. The van der Waals surface area contributed by atoms with Gasteiger partial charge in [-0.3, -0.25) is 0 Å². The molecule has 2 rings (SSSR count). The molecule has 0 aliphatic rings. The summed E-state index contributed by atoms with van der Waals surface area (Å²) < 4.78 is 0. The Morgan fingerprint density at radius 1 is 0.870 bits per heavy atom. The Morgan fingerprint density at radius 3 is 2.04 bits per heavy atom. The molecule has 0 aliphatic carbocycles. The van der Waals surface area contributed by atoms with E-state index in [4.69, 9.17) is 0 Å². The van der Waals surface area contributed by atoms with Crippen molar-refractivity contribution in [1.29, 1.82) is 0 Å². The highest BCUT2D eigenvalue weighted by molar-refractivity contribution is 5.45. The van der Waals surface area contributed by atoms with Gasteiger partial charge in [0.05, 0.1) is 7.05 Å². The van der Waals surface area contributed by atoms with Crippen LogP contribution in [0.3, 0.4) is 0 Å². The number of benzene rings is 2. The van der Waals surface area contributed by atoms with Crippen molar-refractivity contribution in [3.63, 3.8) is 0 Å². The Morgan fingerprint density at radius 2 is 1.48 bits per heavy atom. The van der Waals surface area contributed by atoms with Gasteiger partial charge in [0.2, 0.25) is 0 Å². The highest BCUT2D eigenvalue weighted by atomic mass is 14.8. The van der Waals surface area contributed by atoms with Crippen LogP contribution in [0.5, 0.6) is 0 Å². The van der Waals surface area contributed by atoms with Crippen LogP contribution < -0.4 is 5.32 Å². The third-order valence-corrected chi connectivity index (χ3v) is 4.63. The Hall–Kier alpha value is -1.60. The molecule has 1 unspecified atom stereocenters. The fraction of sp³-hybridized carbons (Fsp3) is 0.455. The second-order valence-corrected chi connectivity index (χ2v) is 5.92. The average Bonchev–Trinajstić information content (AvgIpc) is 2.64. The van der Waals surface area contributed by atoms with Gasteiger partial charge in [-0.25, -0.2) is 0 Å². The van der Waals surface area contributed by atoms with Gasteiger partial charge in [-0.2, -0.15) is 0 Å². The Kier molecular flexibility index (Phi) is 8.65. The molecule has 2 N–H and O–H groups in total. The van der Waals surface area contributed by atoms with Crippen LogP contribution in [-0.2, 0) is 11.8 Å². The average molecular weight is 313 g/mol. The summed E-state index contributed by atoms with van der Waals surface area (Å²) in [4.78, 5) is 0. The minimum absolute atomic E-state index is 0.249. The molecule has 1 nitrogen and oxygen atoms in total. The van der Waals surface area contributed by atoms with Crippen LogP contribution in [0.2, 0.25) is 0 Å². The van der Waals surface area contributed by atoms with E-state index in [1.165, 1.54) is 36.1 Å². The molecular weight excluding hydrogens is 278 g/mol. The zero-order chi connectivity index (χ0) is 17.1. The molecule has 0 aliphatic heterocycles. The Balaban J connectivity index is 0.00000127. The first-order valence-electron chi connectivity index (χ1n) is 9.18. The van der Waals surface area contributed by atoms with Crippen LogP contribution in [0, 0.1) is 0 Å². The molecule has 0 bridgehead atoms. The van der Waals surface area contributed by atoms with Crippen LogP contribution in [0.25, 0.3) is 0 Å². The minimum Gasteiger partial charge on any atom is -0.316 e. The number of quaternary nitrogens is 1. The fourth-order valence-corrected chi connectivity index (χ4v) is 3.51. The van der Waals surface area contributed by atoms with Gasteiger partial charge in [-0.1, -0.05) is 82.6 Å². The van der Waals surface area contributed by atoms with Gasteiger partial charge in [-0.15, -0.1) is 0 Å². The molecule has 0 spiro atoms. The first-order valence-corrected chi connectivity index (χ1v) is 9.18. The second kappa shape index (κ2) is 10.2. The van der Waals surface area contributed by atoms with Gasteiger partial charge in [0.15, 0.2) is 0 Å². The molecule has 0 radical (unpaired) electrons. The third-order valence-electron chi connectivity index (χ3n) is 4.63. The van der Waals surface area contributed by atoms with Crippen molar-refractivity contribution in [1.82, 2.24) is 0 Å². The smallest absolute Gasteiger partial charge is 0.133 e. The molecule has 0 aromatic heterocycles. The number of hydrogen-bond donors (Lipinski definition) is 1. The van der Waals surface area contributed by atoms with Crippen molar-refractivity contribution in [3.8, 4) is 0 Å². The van der Waals surface area contributed by atoms with E-state index in [2.05, 4.69) is 80.8 Å². The van der Waals surface area contributed by atoms with Crippen molar-refractivity contribution < 1.29 is 5.32 Å². The largest absolute Gasteiger partial charge is 0.316 e. The maximum atomic E-state index is 2.34. The number of para-hydroxylation sites is 1. The van der Waals surface area contributed by atoms with Crippen molar-refractivity contribution >= 4 is 5.69 Å². The van der Waals surface area contributed by atoms with Gasteiger partial charge in [0.25, 0.3) is 0 Å². The van der Waals surface area contributed by atoms with Crippen molar-refractivity contribution in [2.24, 2.45) is 0 Å². The van der Waals surface area contributed by atoms with E-state index < -0.39 is 0 Å². The molecule has 1 atom stereocenters. The van der Waals surface area contributed by atoms with E-state index in [9.17, 15) is 0 Å². The predicted octanol–water partition coefficient (Wildman–Crippen LogP) is 5.23. The van der Waals surface area contributed by atoms with E-state index in [1.807, 2.05) is 13.8 Å². The summed E-state index contributed by atoms with van der Waals surface area (Å²) in [6.45, 7) is 8.64. The van der Waals surface area contributed by atoms with Gasteiger partial charge >= 0.3 is 0 Å². The van der Waals surface area contributed by atoms with Crippen molar-refractivity contribution in [2.45, 2.75) is 58.8 Å². The highest BCUT2D eigenvalue weighted by Gasteiger charge is 2.32. The first-order chi connectivity index (χ1) is 11.3. The van der Waals surface area contributed by atoms with Crippen molar-refractivity contribution in [3.05, 3.63) is 65.7 Å². The maximum absolute atomic E-state index is 2.34. The number of hydrogen-bond acceptors (Lipinski definition) is 0. The third kappa shape index (κ3) is 4.94. The van der Waals surface area contributed by atoms with Gasteiger partial charge in [0.1, 0.15) is 5.69 Å². The van der Waals surface area contributed by atoms with Gasteiger partial charge in [-0.05, 0) is 30.9 Å². The molecule has 0 saturated heterocycles. The topological polar surface area (TPSA) is 16.6 Å². The molecule has 0 heterocycles. The summed E-state index contributed by atoms with van der Waals surface area (Å²) in [6, 6.07) is 19.8. The molecule has 126 valence electrons. The van der Waals surface area contributed by atoms with E-state index in [-0.39, 0.29) is 5.41 Å². The summed E-state index contributed by atoms with van der Waals surface area (Å²) >= 11 is 0. The van der Waals surface area contributed by atoms with Crippen molar-refractivity contribution in [2.75, 3.05) is 7.05 Å². The van der Waals surface area contributed by atoms with E-state index in [0.717, 1.165) is 6.42 Å². The first kappa shape index (κ1) is 19.4. The van der Waals surface area contributed by atoms with Crippen LogP contribution in [0.15, 0.2) is 54.6 Å². The normalized spacial score (nSPS) is 12.9. The summed E-state index contributed by atoms with van der Waals surface area (Å²) in [6.07, 6.45) is 4.77. The number of nitrogens with two attached hydrogens (primary N) is 1. The zero-order valence-electron chi connectivity index (χ0n) is 15.6. The van der Waals surface area contributed by atoms with Crippen LogP contribution in [0.4, 0.5) is 5.69 Å². The predicted molar refractivity (Wildman–Crippen MR) is 102 cm³/mol. The highest BCUT2D eigenvalue weighted by Crippen LogP contribution is 2.39. The van der Waals surface area contributed by atoms with Gasteiger partial charge in [0, 0.05) is 11.0 Å². The summed E-state index contributed by atoms with van der Waals surface area (Å²) in [5, 5.41) is 2.25. The summed E-state index contributed by atoms with van der Waals surface area (Å²) in [5.74, 6) is 0. The van der Waals surface area contributed by atoms with Crippen LogP contribution in [-0.4, -0.2) is 7.05 Å². The second-order valence-electron chi connectivity index (χ2n) is 5.92. The maximum Gasteiger partial charge on any atom is 0.133 e. The van der Waals surface area contributed by atoms with E-state index in [0.29, 0.717) is 0 Å². The van der Waals surface area contributed by atoms with E-state index in [1.54, 1.807) is 0 Å². The molecule has 0 fully saturated rings. The molecule has 2 aromatic carbocycles. The molecule has 0 amide bonds. The fourth-order valence-electron chi connectivity index (χ4n) is 3.51. The molecule has 23 heavy (non-hydrogen) atoms. The summed E-state index contributed by atoms with van der Waals surface area (Å²) in [5.41, 5.74) is 4.60. The standard InChI is InChI=1S/C20H27N.C2H6/c1-4-15-20(5-2,16-17-11-7-6-8-12-17)18-13-9-10-14-19(18)21-3;1-2/h6-14,21H,4-5,15-16H2,1-3H3;1-2H3/p+1. The number of rotatable bonds is 7. The lowest BCUT2D eigenvalue weighted by Crippen LogP contribution is -2.73. The minimum atomic E-state index is 0.249.